The molecule has 96 valence electrons. The molecule has 1 fully saturated rings. The molecule has 1 N–H and O–H groups in total. The average Bonchev–Trinajstić information content (AvgIpc) is 2.87. The zero-order valence-corrected chi connectivity index (χ0v) is 10.7. The first-order valence-corrected chi connectivity index (χ1v) is 6.51. The first-order chi connectivity index (χ1) is 9.34. The molecule has 0 unspecified atom stereocenters. The maximum absolute atomic E-state index is 7.99. The average molecular weight is 252 g/mol. The van der Waals surface area contributed by atoms with Gasteiger partial charge in [-0.15, -0.1) is 0 Å². The molecular weight excluding hydrogens is 236 g/mol. The first-order valence-electron chi connectivity index (χ1n) is 6.51. The molecule has 19 heavy (non-hydrogen) atoms. The van der Waals surface area contributed by atoms with E-state index in [4.69, 9.17) is 10.1 Å². The quantitative estimate of drug-likeness (QED) is 0.894. The van der Waals surface area contributed by atoms with Crippen LogP contribution < -0.4 is 9.64 Å². The molecule has 2 aromatic rings. The highest BCUT2D eigenvalue weighted by Crippen LogP contribution is 2.34. The van der Waals surface area contributed by atoms with Gasteiger partial charge in [0, 0.05) is 13.0 Å². The Labute approximate surface area is 113 Å². The second-order valence-corrected chi connectivity index (χ2v) is 4.58. The lowest BCUT2D eigenvalue weighted by Gasteiger charge is -2.21. The number of amidine groups is 1. The topological polar surface area (TPSA) is 36.3 Å². The van der Waals surface area contributed by atoms with Gasteiger partial charge in [-0.1, -0.05) is 30.3 Å². The number of benzene rings is 2. The molecule has 3 heteroatoms. The van der Waals surface area contributed by atoms with Crippen LogP contribution in [-0.4, -0.2) is 12.4 Å². The molecule has 1 saturated heterocycles. The van der Waals surface area contributed by atoms with E-state index in [2.05, 4.69) is 0 Å². The summed E-state index contributed by atoms with van der Waals surface area (Å²) in [7, 11) is 0. The molecule has 0 spiro atoms. The van der Waals surface area contributed by atoms with Gasteiger partial charge in [0.2, 0.25) is 0 Å². The minimum absolute atomic E-state index is 0.670. The van der Waals surface area contributed by atoms with Gasteiger partial charge in [0.15, 0.2) is 5.75 Å². The zero-order valence-electron chi connectivity index (χ0n) is 10.7. The standard InChI is InChI=1S/C16H16N2O/c17-16-11-6-12-18(16)14-9-4-5-10-15(14)19-13-7-2-1-3-8-13/h1-5,7-10,17H,6,11-12H2. The van der Waals surface area contributed by atoms with Gasteiger partial charge < -0.3 is 9.64 Å². The second-order valence-electron chi connectivity index (χ2n) is 4.58. The van der Waals surface area contributed by atoms with E-state index in [-0.39, 0.29) is 0 Å². The summed E-state index contributed by atoms with van der Waals surface area (Å²) in [5.74, 6) is 2.30. The van der Waals surface area contributed by atoms with E-state index in [9.17, 15) is 0 Å². The lowest BCUT2D eigenvalue weighted by atomic mass is 10.2. The predicted octanol–water partition coefficient (Wildman–Crippen LogP) is 4.06. The number of hydrogen-bond acceptors (Lipinski definition) is 2. The van der Waals surface area contributed by atoms with Crippen molar-refractivity contribution >= 4 is 11.5 Å². The fourth-order valence-corrected chi connectivity index (χ4v) is 2.32. The van der Waals surface area contributed by atoms with Gasteiger partial charge in [-0.2, -0.15) is 0 Å². The van der Waals surface area contributed by atoms with E-state index < -0.39 is 0 Å². The molecule has 0 radical (unpaired) electrons. The van der Waals surface area contributed by atoms with Crippen LogP contribution >= 0.6 is 0 Å². The van der Waals surface area contributed by atoms with Crippen LogP contribution in [0.2, 0.25) is 0 Å². The van der Waals surface area contributed by atoms with Crippen molar-refractivity contribution in [3.05, 3.63) is 54.6 Å². The van der Waals surface area contributed by atoms with Crippen LogP contribution in [0.3, 0.4) is 0 Å². The van der Waals surface area contributed by atoms with Gasteiger partial charge in [-0.3, -0.25) is 5.41 Å². The smallest absolute Gasteiger partial charge is 0.151 e. The van der Waals surface area contributed by atoms with Crippen LogP contribution in [0.4, 0.5) is 5.69 Å². The normalized spacial score (nSPS) is 14.7. The third-order valence-electron chi connectivity index (χ3n) is 3.25. The summed E-state index contributed by atoms with van der Waals surface area (Å²) in [6.45, 7) is 0.897. The Bertz CT molecular complexity index is 580. The molecule has 0 aliphatic carbocycles. The van der Waals surface area contributed by atoms with Crippen molar-refractivity contribution in [1.29, 1.82) is 5.41 Å². The lowest BCUT2D eigenvalue weighted by Crippen LogP contribution is -2.23. The van der Waals surface area contributed by atoms with Gasteiger partial charge in [0.25, 0.3) is 0 Å². The molecular formula is C16H16N2O. The monoisotopic (exact) mass is 252 g/mol. The van der Waals surface area contributed by atoms with Gasteiger partial charge in [-0.05, 0) is 30.7 Å². The SMILES string of the molecule is N=C1CCCN1c1ccccc1Oc1ccccc1. The lowest BCUT2D eigenvalue weighted by molar-refractivity contribution is 0.483. The van der Waals surface area contributed by atoms with Crippen LogP contribution in [-0.2, 0) is 0 Å². The Balaban J connectivity index is 1.91. The highest BCUT2D eigenvalue weighted by atomic mass is 16.5. The maximum Gasteiger partial charge on any atom is 0.151 e. The van der Waals surface area contributed by atoms with Crippen molar-refractivity contribution in [3.63, 3.8) is 0 Å². The number of hydrogen-bond donors (Lipinski definition) is 1. The van der Waals surface area contributed by atoms with Crippen LogP contribution in [0.15, 0.2) is 54.6 Å². The number of nitrogens with one attached hydrogen (secondary N) is 1. The Kier molecular flexibility index (Phi) is 3.19. The molecule has 0 atom stereocenters. The third-order valence-corrected chi connectivity index (χ3v) is 3.25. The fourth-order valence-electron chi connectivity index (χ4n) is 2.32. The molecule has 2 aromatic carbocycles. The zero-order chi connectivity index (χ0) is 13.1. The molecule has 0 amide bonds. The predicted molar refractivity (Wildman–Crippen MR) is 77.3 cm³/mol. The Morgan fingerprint density at radius 2 is 1.68 bits per heavy atom. The van der Waals surface area contributed by atoms with E-state index in [1.165, 1.54) is 0 Å². The molecule has 1 aliphatic rings. The largest absolute Gasteiger partial charge is 0.455 e. The number of para-hydroxylation sites is 3. The number of anilines is 1. The number of ether oxygens (including phenoxy) is 1. The second kappa shape index (κ2) is 5.14. The summed E-state index contributed by atoms with van der Waals surface area (Å²) in [5.41, 5.74) is 0.980. The minimum atomic E-state index is 0.670. The molecule has 3 nitrogen and oxygen atoms in total. The third kappa shape index (κ3) is 2.45. The molecule has 0 bridgehead atoms. The van der Waals surface area contributed by atoms with E-state index in [1.54, 1.807) is 0 Å². The van der Waals surface area contributed by atoms with Crippen molar-refractivity contribution in [1.82, 2.24) is 0 Å². The van der Waals surface area contributed by atoms with E-state index in [0.29, 0.717) is 5.84 Å². The molecule has 1 aliphatic heterocycles. The minimum Gasteiger partial charge on any atom is -0.455 e. The highest BCUT2D eigenvalue weighted by Gasteiger charge is 2.21. The fraction of sp³-hybridized carbons (Fsp3) is 0.188. The first kappa shape index (κ1) is 11.8. The van der Waals surface area contributed by atoms with Gasteiger partial charge in [0.1, 0.15) is 11.6 Å². The summed E-state index contributed by atoms with van der Waals surface area (Å²) in [4.78, 5) is 2.03. The summed E-state index contributed by atoms with van der Waals surface area (Å²) >= 11 is 0. The van der Waals surface area contributed by atoms with Crippen molar-refractivity contribution in [2.45, 2.75) is 12.8 Å². The van der Waals surface area contributed by atoms with Crippen molar-refractivity contribution in [2.75, 3.05) is 11.4 Å². The van der Waals surface area contributed by atoms with Crippen LogP contribution in [0.5, 0.6) is 11.5 Å². The number of rotatable bonds is 3. The van der Waals surface area contributed by atoms with E-state index in [1.807, 2.05) is 59.5 Å². The van der Waals surface area contributed by atoms with E-state index >= 15 is 0 Å². The Morgan fingerprint density at radius 1 is 0.947 bits per heavy atom. The summed E-state index contributed by atoms with van der Waals surface area (Å²) in [6, 6.07) is 17.7. The van der Waals surface area contributed by atoms with Crippen molar-refractivity contribution in [3.8, 4) is 11.5 Å². The van der Waals surface area contributed by atoms with Crippen LogP contribution in [0.25, 0.3) is 0 Å². The van der Waals surface area contributed by atoms with Crippen LogP contribution in [0.1, 0.15) is 12.8 Å². The van der Waals surface area contributed by atoms with Gasteiger partial charge >= 0.3 is 0 Å². The molecule has 1 heterocycles. The van der Waals surface area contributed by atoms with Gasteiger partial charge in [0.05, 0.1) is 5.69 Å². The summed E-state index contributed by atoms with van der Waals surface area (Å²) < 4.78 is 5.93. The van der Waals surface area contributed by atoms with Crippen molar-refractivity contribution < 1.29 is 4.74 Å². The highest BCUT2D eigenvalue weighted by molar-refractivity contribution is 5.98. The van der Waals surface area contributed by atoms with E-state index in [0.717, 1.165) is 36.6 Å². The maximum atomic E-state index is 7.99. The van der Waals surface area contributed by atoms with Crippen molar-refractivity contribution in [2.24, 2.45) is 0 Å². The number of nitrogens with zero attached hydrogens (tertiary/aromatic N) is 1. The molecule has 3 rings (SSSR count). The Hall–Kier alpha value is -2.29. The summed E-state index contributed by atoms with van der Waals surface area (Å²) in [6.07, 6.45) is 1.89. The summed E-state index contributed by atoms with van der Waals surface area (Å²) in [5, 5.41) is 7.99. The molecule has 0 aromatic heterocycles. The molecule has 0 saturated carbocycles. The van der Waals surface area contributed by atoms with Crippen LogP contribution in [0, 0.1) is 5.41 Å². The van der Waals surface area contributed by atoms with Gasteiger partial charge in [-0.25, -0.2) is 0 Å². The Morgan fingerprint density at radius 3 is 2.42 bits per heavy atom.